The van der Waals surface area contributed by atoms with Crippen LogP contribution in [0.3, 0.4) is 0 Å². The van der Waals surface area contributed by atoms with Gasteiger partial charge in [-0.3, -0.25) is 4.79 Å². The summed E-state index contributed by atoms with van der Waals surface area (Å²) < 4.78 is 12.6. The van der Waals surface area contributed by atoms with Crippen LogP contribution >= 0.6 is 0 Å². The Bertz CT molecular complexity index is 373. The van der Waals surface area contributed by atoms with E-state index in [-0.39, 0.29) is 24.7 Å². The number of benzene rings is 1. The molecule has 16 heavy (non-hydrogen) atoms. The molecule has 0 aliphatic rings. The summed E-state index contributed by atoms with van der Waals surface area (Å²) in [6.07, 6.45) is 3.50. The molecule has 0 amide bonds. The molecule has 0 heterocycles. The average molecular weight is 223 g/mol. The summed E-state index contributed by atoms with van der Waals surface area (Å²) in [4.78, 5) is 10.5. The number of nitrogens with two attached hydrogens (primary N) is 1. The number of carboxylic acid groups (broad SMARTS) is 1. The SMILES string of the molecule is NCC(/C=C/c1ccc(F)cc1)CC(=O)O. The minimum absolute atomic E-state index is 0.00813. The zero-order valence-electron chi connectivity index (χ0n) is 8.77. The zero-order chi connectivity index (χ0) is 12.0. The van der Waals surface area contributed by atoms with E-state index in [2.05, 4.69) is 0 Å². The Labute approximate surface area is 93.4 Å². The third-order valence-corrected chi connectivity index (χ3v) is 2.17. The molecule has 0 saturated carbocycles. The van der Waals surface area contributed by atoms with Gasteiger partial charge < -0.3 is 10.8 Å². The highest BCUT2D eigenvalue weighted by Crippen LogP contribution is 2.09. The van der Waals surface area contributed by atoms with Crippen molar-refractivity contribution in [1.82, 2.24) is 0 Å². The lowest BCUT2D eigenvalue weighted by molar-refractivity contribution is -0.137. The number of rotatable bonds is 5. The predicted octanol–water partition coefficient (Wildman–Crippen LogP) is 1.89. The highest BCUT2D eigenvalue weighted by Gasteiger charge is 2.07. The van der Waals surface area contributed by atoms with Gasteiger partial charge in [-0.25, -0.2) is 4.39 Å². The second-order valence-corrected chi connectivity index (χ2v) is 3.50. The average Bonchev–Trinajstić information content (AvgIpc) is 2.26. The number of hydrogen-bond donors (Lipinski definition) is 2. The molecule has 1 unspecified atom stereocenters. The number of hydrogen-bond acceptors (Lipinski definition) is 2. The Morgan fingerprint density at radius 2 is 2.06 bits per heavy atom. The lowest BCUT2D eigenvalue weighted by Gasteiger charge is -2.05. The van der Waals surface area contributed by atoms with Crippen molar-refractivity contribution in [1.29, 1.82) is 0 Å². The molecular formula is C12H14FNO2. The van der Waals surface area contributed by atoms with Gasteiger partial charge in [-0.2, -0.15) is 0 Å². The van der Waals surface area contributed by atoms with Crippen molar-refractivity contribution in [3.63, 3.8) is 0 Å². The number of carboxylic acids is 1. The maximum absolute atomic E-state index is 12.6. The van der Waals surface area contributed by atoms with Gasteiger partial charge >= 0.3 is 5.97 Å². The molecular weight excluding hydrogens is 209 g/mol. The second kappa shape index (κ2) is 6.02. The fourth-order valence-corrected chi connectivity index (χ4v) is 1.28. The Morgan fingerprint density at radius 3 is 2.56 bits per heavy atom. The smallest absolute Gasteiger partial charge is 0.303 e. The van der Waals surface area contributed by atoms with E-state index in [0.29, 0.717) is 0 Å². The number of carbonyl (C=O) groups is 1. The maximum atomic E-state index is 12.6. The Balaban J connectivity index is 2.63. The largest absolute Gasteiger partial charge is 0.481 e. The van der Waals surface area contributed by atoms with E-state index in [0.717, 1.165) is 5.56 Å². The van der Waals surface area contributed by atoms with Crippen LogP contribution in [0.5, 0.6) is 0 Å². The summed E-state index contributed by atoms with van der Waals surface area (Å²) in [6, 6.07) is 5.96. The molecule has 4 heteroatoms. The van der Waals surface area contributed by atoms with Crippen molar-refractivity contribution in [2.24, 2.45) is 11.7 Å². The predicted molar refractivity (Wildman–Crippen MR) is 60.2 cm³/mol. The highest BCUT2D eigenvalue weighted by molar-refractivity contribution is 5.67. The molecule has 1 aromatic carbocycles. The summed E-state index contributed by atoms with van der Waals surface area (Å²) in [5, 5.41) is 8.61. The molecule has 0 aliphatic carbocycles. The molecule has 3 nitrogen and oxygen atoms in total. The highest BCUT2D eigenvalue weighted by atomic mass is 19.1. The molecule has 0 spiro atoms. The lowest BCUT2D eigenvalue weighted by atomic mass is 10.0. The van der Waals surface area contributed by atoms with Gasteiger partial charge in [0.15, 0.2) is 0 Å². The van der Waals surface area contributed by atoms with E-state index in [9.17, 15) is 9.18 Å². The first-order valence-corrected chi connectivity index (χ1v) is 4.97. The monoisotopic (exact) mass is 223 g/mol. The van der Waals surface area contributed by atoms with Gasteiger partial charge in [0.2, 0.25) is 0 Å². The lowest BCUT2D eigenvalue weighted by Crippen LogP contribution is -2.15. The first-order valence-electron chi connectivity index (χ1n) is 4.97. The van der Waals surface area contributed by atoms with Crippen LogP contribution < -0.4 is 5.73 Å². The molecule has 3 N–H and O–H groups in total. The van der Waals surface area contributed by atoms with Gasteiger partial charge in [-0.1, -0.05) is 24.3 Å². The molecule has 0 radical (unpaired) electrons. The molecule has 0 aromatic heterocycles. The number of aliphatic carboxylic acids is 1. The van der Waals surface area contributed by atoms with Crippen LogP contribution in [-0.4, -0.2) is 17.6 Å². The summed E-state index contributed by atoms with van der Waals surface area (Å²) in [5.41, 5.74) is 6.26. The number of halogens is 1. The fraction of sp³-hybridized carbons (Fsp3) is 0.250. The molecule has 0 fully saturated rings. The molecule has 1 atom stereocenters. The summed E-state index contributed by atoms with van der Waals surface area (Å²) >= 11 is 0. The van der Waals surface area contributed by atoms with Crippen molar-refractivity contribution in [3.05, 3.63) is 41.7 Å². The first kappa shape index (κ1) is 12.4. The minimum atomic E-state index is -0.876. The van der Waals surface area contributed by atoms with Crippen LogP contribution in [0.15, 0.2) is 30.3 Å². The third-order valence-electron chi connectivity index (χ3n) is 2.17. The standard InChI is InChI=1S/C12H14FNO2/c13-11-5-3-9(4-6-11)1-2-10(8-14)7-12(15)16/h1-6,10H,7-8,14H2,(H,15,16)/b2-1+. The van der Waals surface area contributed by atoms with Gasteiger partial charge in [-0.05, 0) is 30.2 Å². The zero-order valence-corrected chi connectivity index (χ0v) is 8.77. The van der Waals surface area contributed by atoms with Gasteiger partial charge in [0, 0.05) is 0 Å². The summed E-state index contributed by atoms with van der Waals surface area (Å²) in [6.45, 7) is 0.282. The van der Waals surface area contributed by atoms with E-state index in [4.69, 9.17) is 10.8 Å². The van der Waals surface area contributed by atoms with Crippen molar-refractivity contribution in [2.45, 2.75) is 6.42 Å². The Kier molecular flexibility index (Phi) is 4.66. The van der Waals surface area contributed by atoms with Crippen molar-refractivity contribution >= 4 is 12.0 Å². The molecule has 1 rings (SSSR count). The maximum Gasteiger partial charge on any atom is 0.303 e. The molecule has 86 valence electrons. The van der Waals surface area contributed by atoms with Gasteiger partial charge in [0.1, 0.15) is 5.82 Å². The second-order valence-electron chi connectivity index (χ2n) is 3.50. The van der Waals surface area contributed by atoms with E-state index in [1.165, 1.54) is 12.1 Å². The quantitative estimate of drug-likeness (QED) is 0.801. The van der Waals surface area contributed by atoms with E-state index in [1.54, 1.807) is 24.3 Å². The van der Waals surface area contributed by atoms with Crippen LogP contribution in [0.4, 0.5) is 4.39 Å². The van der Waals surface area contributed by atoms with Crippen LogP contribution in [-0.2, 0) is 4.79 Å². The van der Waals surface area contributed by atoms with Crippen molar-refractivity contribution < 1.29 is 14.3 Å². The van der Waals surface area contributed by atoms with Crippen molar-refractivity contribution in [3.8, 4) is 0 Å². The fourth-order valence-electron chi connectivity index (χ4n) is 1.28. The van der Waals surface area contributed by atoms with Crippen LogP contribution in [0.1, 0.15) is 12.0 Å². The Hall–Kier alpha value is -1.68. The molecule has 0 bridgehead atoms. The van der Waals surface area contributed by atoms with Gasteiger partial charge in [-0.15, -0.1) is 0 Å². The third kappa shape index (κ3) is 4.23. The van der Waals surface area contributed by atoms with Gasteiger partial charge in [0.25, 0.3) is 0 Å². The van der Waals surface area contributed by atoms with E-state index in [1.807, 2.05) is 0 Å². The first-order chi connectivity index (χ1) is 7.61. The normalized spacial score (nSPS) is 12.9. The topological polar surface area (TPSA) is 63.3 Å². The van der Waals surface area contributed by atoms with Crippen LogP contribution in [0.25, 0.3) is 6.08 Å². The molecule has 0 saturated heterocycles. The summed E-state index contributed by atoms with van der Waals surface area (Å²) in [7, 11) is 0. The van der Waals surface area contributed by atoms with Crippen LogP contribution in [0.2, 0.25) is 0 Å². The van der Waals surface area contributed by atoms with E-state index >= 15 is 0 Å². The molecule has 1 aromatic rings. The molecule has 0 aliphatic heterocycles. The van der Waals surface area contributed by atoms with Crippen molar-refractivity contribution in [2.75, 3.05) is 6.54 Å². The van der Waals surface area contributed by atoms with Gasteiger partial charge in [0.05, 0.1) is 6.42 Å². The van der Waals surface area contributed by atoms with Crippen LogP contribution in [0, 0.1) is 11.7 Å². The van der Waals surface area contributed by atoms with E-state index < -0.39 is 5.97 Å². The minimum Gasteiger partial charge on any atom is -0.481 e. The Morgan fingerprint density at radius 1 is 1.44 bits per heavy atom. The summed E-state index contributed by atoms with van der Waals surface area (Å²) in [5.74, 6) is -1.36.